The van der Waals surface area contributed by atoms with Crippen molar-refractivity contribution in [3.05, 3.63) is 30.6 Å². The fraction of sp³-hybridized carbons (Fsp3) is 0.556. The summed E-state index contributed by atoms with van der Waals surface area (Å²) >= 11 is 2.07. The lowest BCUT2D eigenvalue weighted by Gasteiger charge is -2.24. The third-order valence-electron chi connectivity index (χ3n) is 4.55. The molecule has 5 nitrogen and oxygen atoms in total. The van der Waals surface area contributed by atoms with E-state index in [1.807, 2.05) is 19.4 Å². The second kappa shape index (κ2) is 9.66. The topological polar surface area (TPSA) is 54.2 Å². The minimum atomic E-state index is 0. The molecule has 1 atom stereocenters. The number of para-hydroxylation sites is 2. The fourth-order valence-electron chi connectivity index (χ4n) is 3.11. The number of hydrogen-bond donors (Lipinski definition) is 2. The summed E-state index contributed by atoms with van der Waals surface area (Å²) in [7, 11) is 1.84. The molecule has 0 saturated carbocycles. The number of thioether (sulfide) groups is 1. The van der Waals surface area contributed by atoms with E-state index >= 15 is 0 Å². The highest BCUT2D eigenvalue weighted by Crippen LogP contribution is 2.36. The van der Waals surface area contributed by atoms with Gasteiger partial charge in [-0.05, 0) is 44.1 Å². The summed E-state index contributed by atoms with van der Waals surface area (Å²) in [4.78, 5) is 8.76. The smallest absolute Gasteiger partial charge is 0.191 e. The van der Waals surface area contributed by atoms with Gasteiger partial charge in [-0.25, -0.2) is 4.98 Å². The first-order valence-corrected chi connectivity index (χ1v) is 9.67. The maximum atomic E-state index is 4.43. The zero-order valence-corrected chi connectivity index (χ0v) is 18.1. The van der Waals surface area contributed by atoms with E-state index in [-0.39, 0.29) is 24.0 Å². The van der Waals surface area contributed by atoms with E-state index in [0.29, 0.717) is 4.75 Å². The average Bonchev–Trinajstić information content (AvgIpc) is 3.21. The van der Waals surface area contributed by atoms with Gasteiger partial charge in [-0.2, -0.15) is 11.8 Å². The lowest BCUT2D eigenvalue weighted by atomic mass is 10.1. The zero-order valence-electron chi connectivity index (χ0n) is 15.0. The average molecular weight is 473 g/mol. The van der Waals surface area contributed by atoms with Gasteiger partial charge in [-0.15, -0.1) is 24.0 Å². The largest absolute Gasteiger partial charge is 0.356 e. The molecule has 1 aromatic carbocycles. The van der Waals surface area contributed by atoms with Crippen molar-refractivity contribution in [1.29, 1.82) is 0 Å². The Balaban J connectivity index is 0.00000225. The summed E-state index contributed by atoms with van der Waals surface area (Å²) in [6.07, 6.45) is 5.58. The number of benzene rings is 1. The molecule has 0 spiro atoms. The Bertz CT molecular complexity index is 694. The van der Waals surface area contributed by atoms with Gasteiger partial charge < -0.3 is 15.2 Å². The van der Waals surface area contributed by atoms with Crippen LogP contribution in [0.15, 0.2) is 35.6 Å². The van der Waals surface area contributed by atoms with Gasteiger partial charge >= 0.3 is 0 Å². The van der Waals surface area contributed by atoms with Crippen molar-refractivity contribution in [2.45, 2.75) is 37.5 Å². The number of imidazole rings is 1. The maximum absolute atomic E-state index is 4.43. The Morgan fingerprint density at radius 2 is 2.20 bits per heavy atom. The molecule has 2 aromatic rings. The van der Waals surface area contributed by atoms with Gasteiger partial charge in [0.05, 0.1) is 17.4 Å². The van der Waals surface area contributed by atoms with Gasteiger partial charge in [0.1, 0.15) is 0 Å². The number of aryl methyl sites for hydroxylation is 1. The lowest BCUT2D eigenvalue weighted by molar-refractivity contribution is 0.580. The van der Waals surface area contributed by atoms with Gasteiger partial charge in [0.15, 0.2) is 5.96 Å². The predicted octanol–water partition coefficient (Wildman–Crippen LogP) is 3.50. The summed E-state index contributed by atoms with van der Waals surface area (Å²) in [5, 5.41) is 6.89. The molecule has 0 amide bonds. The monoisotopic (exact) mass is 473 g/mol. The number of aliphatic imine (C=N–C) groups is 1. The number of fused-ring (bicyclic) bond motifs is 1. The molecule has 2 heterocycles. The third-order valence-corrected chi connectivity index (χ3v) is 6.09. The van der Waals surface area contributed by atoms with Crippen LogP contribution in [0.25, 0.3) is 11.0 Å². The van der Waals surface area contributed by atoms with Crippen LogP contribution in [-0.4, -0.2) is 46.1 Å². The molecule has 0 aliphatic carbocycles. The molecular weight excluding hydrogens is 445 g/mol. The Kier molecular flexibility index (Phi) is 7.86. The minimum absolute atomic E-state index is 0. The van der Waals surface area contributed by atoms with E-state index in [1.54, 1.807) is 0 Å². The summed E-state index contributed by atoms with van der Waals surface area (Å²) in [6.45, 7) is 5.17. The van der Waals surface area contributed by atoms with Crippen LogP contribution < -0.4 is 10.6 Å². The van der Waals surface area contributed by atoms with Crippen molar-refractivity contribution in [3.8, 4) is 0 Å². The van der Waals surface area contributed by atoms with Crippen molar-refractivity contribution >= 4 is 52.7 Å². The number of guanidine groups is 1. The molecule has 1 saturated heterocycles. The molecule has 1 aliphatic rings. The summed E-state index contributed by atoms with van der Waals surface area (Å²) < 4.78 is 2.57. The van der Waals surface area contributed by atoms with E-state index in [4.69, 9.17) is 0 Å². The Morgan fingerprint density at radius 1 is 1.36 bits per heavy atom. The first kappa shape index (κ1) is 20.4. The highest BCUT2D eigenvalue weighted by atomic mass is 127. The van der Waals surface area contributed by atoms with E-state index in [1.165, 1.54) is 24.1 Å². The molecule has 1 aromatic heterocycles. The van der Waals surface area contributed by atoms with E-state index in [9.17, 15) is 0 Å². The van der Waals surface area contributed by atoms with Crippen LogP contribution in [-0.2, 0) is 6.54 Å². The van der Waals surface area contributed by atoms with Gasteiger partial charge in [-0.3, -0.25) is 4.99 Å². The minimum Gasteiger partial charge on any atom is -0.356 e. The Hall–Kier alpha value is -0.960. The third kappa shape index (κ3) is 5.51. The zero-order chi connectivity index (χ0) is 16.8. The number of halogens is 1. The molecule has 0 radical (unpaired) electrons. The van der Waals surface area contributed by atoms with E-state index in [0.717, 1.165) is 37.5 Å². The standard InChI is InChI=1S/C18H27N5S.HI/c1-18(9-5-12-24-18)13-21-17(19-2)20-10-6-11-23-14-22-15-7-3-4-8-16(15)23;/h3-4,7-8,14H,5-6,9-13H2,1-2H3,(H2,19,20,21);1H. The van der Waals surface area contributed by atoms with Crippen LogP contribution in [0.2, 0.25) is 0 Å². The van der Waals surface area contributed by atoms with Crippen molar-refractivity contribution in [2.24, 2.45) is 4.99 Å². The molecule has 0 bridgehead atoms. The number of rotatable bonds is 6. The number of hydrogen-bond acceptors (Lipinski definition) is 3. The highest BCUT2D eigenvalue weighted by Gasteiger charge is 2.29. The number of aromatic nitrogens is 2. The number of nitrogens with one attached hydrogen (secondary N) is 2. The lowest BCUT2D eigenvalue weighted by Crippen LogP contribution is -2.44. The van der Waals surface area contributed by atoms with Gasteiger partial charge in [-0.1, -0.05) is 12.1 Å². The second-order valence-corrected chi connectivity index (χ2v) is 8.22. The molecule has 3 rings (SSSR count). The van der Waals surface area contributed by atoms with E-state index < -0.39 is 0 Å². The van der Waals surface area contributed by atoms with E-state index in [2.05, 4.69) is 62.1 Å². The SMILES string of the molecule is CN=C(NCCCn1cnc2ccccc21)NCC1(C)CCCS1.I. The first-order valence-electron chi connectivity index (χ1n) is 8.69. The van der Waals surface area contributed by atoms with Crippen molar-refractivity contribution in [2.75, 3.05) is 25.9 Å². The molecule has 138 valence electrons. The second-order valence-electron chi connectivity index (χ2n) is 6.53. The van der Waals surface area contributed by atoms with Crippen LogP contribution in [0.5, 0.6) is 0 Å². The normalized spacial score (nSPS) is 20.5. The summed E-state index contributed by atoms with van der Waals surface area (Å²) in [6, 6.07) is 8.26. The summed E-state index contributed by atoms with van der Waals surface area (Å²) in [5.41, 5.74) is 2.26. The Morgan fingerprint density at radius 3 is 2.96 bits per heavy atom. The molecule has 1 fully saturated rings. The van der Waals surface area contributed by atoms with Crippen molar-refractivity contribution < 1.29 is 0 Å². The molecule has 2 N–H and O–H groups in total. The van der Waals surface area contributed by atoms with Gasteiger partial charge in [0.25, 0.3) is 0 Å². The predicted molar refractivity (Wildman–Crippen MR) is 119 cm³/mol. The molecule has 7 heteroatoms. The van der Waals surface area contributed by atoms with Crippen LogP contribution in [0.1, 0.15) is 26.2 Å². The van der Waals surface area contributed by atoms with Crippen molar-refractivity contribution in [3.63, 3.8) is 0 Å². The molecule has 1 unspecified atom stereocenters. The van der Waals surface area contributed by atoms with Gasteiger partial charge in [0, 0.05) is 31.4 Å². The number of nitrogens with zero attached hydrogens (tertiary/aromatic N) is 3. The Labute approximate surface area is 171 Å². The first-order chi connectivity index (χ1) is 11.7. The van der Waals surface area contributed by atoms with Crippen molar-refractivity contribution in [1.82, 2.24) is 20.2 Å². The quantitative estimate of drug-likeness (QED) is 0.292. The molecule has 25 heavy (non-hydrogen) atoms. The maximum Gasteiger partial charge on any atom is 0.191 e. The highest BCUT2D eigenvalue weighted by molar-refractivity contribution is 14.0. The molecule has 1 aliphatic heterocycles. The van der Waals surface area contributed by atoms with Crippen LogP contribution in [0.4, 0.5) is 0 Å². The molecular formula is C18H28IN5S. The van der Waals surface area contributed by atoms with Crippen LogP contribution in [0, 0.1) is 0 Å². The fourth-order valence-corrected chi connectivity index (χ4v) is 4.36. The summed E-state index contributed by atoms with van der Waals surface area (Å²) in [5.74, 6) is 2.18. The van der Waals surface area contributed by atoms with Crippen LogP contribution >= 0.6 is 35.7 Å². The van der Waals surface area contributed by atoms with Gasteiger partial charge in [0.2, 0.25) is 0 Å². The van der Waals surface area contributed by atoms with Crippen LogP contribution in [0.3, 0.4) is 0 Å².